The van der Waals surface area contributed by atoms with E-state index in [1.807, 2.05) is 0 Å². The van der Waals surface area contributed by atoms with E-state index in [1.165, 1.54) is 6.42 Å². The third kappa shape index (κ3) is 2.75. The zero-order valence-corrected chi connectivity index (χ0v) is 10.9. The number of nitrogens with one attached hydrogen (secondary N) is 1. The first-order chi connectivity index (χ1) is 8.95. The Hall–Kier alpha value is -0.740. The number of amides is 1. The molecule has 3 rings (SSSR count). The molecule has 0 saturated heterocycles. The molecule has 2 nitrogen and oxygen atoms in total. The molecule has 1 amide bonds. The van der Waals surface area contributed by atoms with E-state index in [0.29, 0.717) is 24.7 Å². The molecule has 1 N–H and O–H groups in total. The molecule has 0 aliphatic heterocycles. The van der Waals surface area contributed by atoms with Gasteiger partial charge in [0.05, 0.1) is 5.92 Å². The fourth-order valence-electron chi connectivity index (χ4n) is 3.92. The summed E-state index contributed by atoms with van der Waals surface area (Å²) in [5, 5.41) is 2.70. The van der Waals surface area contributed by atoms with Crippen molar-refractivity contribution in [3.8, 4) is 0 Å². The molecule has 4 atom stereocenters. The van der Waals surface area contributed by atoms with Crippen LogP contribution in [0.3, 0.4) is 0 Å². The van der Waals surface area contributed by atoms with Gasteiger partial charge in [0.25, 0.3) is 0 Å². The van der Waals surface area contributed by atoms with Gasteiger partial charge in [0.15, 0.2) is 0 Å². The van der Waals surface area contributed by atoms with Crippen molar-refractivity contribution in [1.82, 2.24) is 5.32 Å². The van der Waals surface area contributed by atoms with E-state index in [9.17, 15) is 18.0 Å². The normalized spacial score (nSPS) is 41.7. The van der Waals surface area contributed by atoms with Crippen molar-refractivity contribution in [3.63, 3.8) is 0 Å². The molecule has 3 aliphatic carbocycles. The molecule has 19 heavy (non-hydrogen) atoms. The molecule has 3 fully saturated rings. The summed E-state index contributed by atoms with van der Waals surface area (Å²) >= 11 is 0. The number of hydrogen-bond donors (Lipinski definition) is 1. The van der Waals surface area contributed by atoms with E-state index in [2.05, 4.69) is 5.32 Å². The number of carbonyl (C=O) groups is 1. The topological polar surface area (TPSA) is 29.1 Å². The number of hydrogen-bond acceptors (Lipinski definition) is 1. The minimum atomic E-state index is -4.18. The smallest absolute Gasteiger partial charge is 0.353 e. The van der Waals surface area contributed by atoms with Crippen LogP contribution in [0.5, 0.6) is 0 Å². The third-order valence-electron chi connectivity index (χ3n) is 5.13. The number of fused-ring (bicyclic) bond motifs is 1. The molecule has 0 spiro atoms. The standard InChI is InChI=1S/C14H20F3NO/c15-14(16,17)11-3-1-2-4-12(11)18-13(19)10-6-8-5-9(8)7-10/h8-12H,1-7H2,(H,18,19). The second-order valence-corrected chi connectivity index (χ2v) is 6.47. The Morgan fingerprint density at radius 2 is 1.63 bits per heavy atom. The van der Waals surface area contributed by atoms with Gasteiger partial charge in [-0.2, -0.15) is 13.2 Å². The average molecular weight is 275 g/mol. The van der Waals surface area contributed by atoms with Crippen LogP contribution in [0.4, 0.5) is 13.2 Å². The third-order valence-corrected chi connectivity index (χ3v) is 5.13. The molecule has 3 saturated carbocycles. The van der Waals surface area contributed by atoms with E-state index in [-0.39, 0.29) is 18.2 Å². The minimum Gasteiger partial charge on any atom is -0.353 e. The van der Waals surface area contributed by atoms with E-state index < -0.39 is 18.1 Å². The molecule has 0 heterocycles. The van der Waals surface area contributed by atoms with Crippen LogP contribution in [-0.2, 0) is 4.79 Å². The van der Waals surface area contributed by atoms with Crippen molar-refractivity contribution in [1.29, 1.82) is 0 Å². The van der Waals surface area contributed by atoms with E-state index in [0.717, 1.165) is 19.3 Å². The van der Waals surface area contributed by atoms with Crippen molar-refractivity contribution in [2.45, 2.75) is 57.2 Å². The Bertz CT molecular complexity index is 358. The summed E-state index contributed by atoms with van der Waals surface area (Å²) in [5.41, 5.74) is 0. The summed E-state index contributed by atoms with van der Waals surface area (Å²) in [4.78, 5) is 12.1. The maximum Gasteiger partial charge on any atom is 0.393 e. The van der Waals surface area contributed by atoms with E-state index in [4.69, 9.17) is 0 Å². The summed E-state index contributed by atoms with van der Waals surface area (Å²) in [6.07, 6.45) is 0.839. The maximum absolute atomic E-state index is 12.9. The van der Waals surface area contributed by atoms with Crippen LogP contribution in [0.15, 0.2) is 0 Å². The summed E-state index contributed by atoms with van der Waals surface area (Å²) in [6, 6.07) is -0.696. The first-order valence-electron chi connectivity index (χ1n) is 7.32. The van der Waals surface area contributed by atoms with Gasteiger partial charge in [-0.25, -0.2) is 0 Å². The zero-order valence-electron chi connectivity index (χ0n) is 10.9. The van der Waals surface area contributed by atoms with Gasteiger partial charge in [-0.05, 0) is 43.9 Å². The molecule has 0 aromatic carbocycles. The van der Waals surface area contributed by atoms with Crippen molar-refractivity contribution in [2.24, 2.45) is 23.7 Å². The Labute approximate surface area is 111 Å². The highest BCUT2D eigenvalue weighted by Gasteiger charge is 2.50. The van der Waals surface area contributed by atoms with E-state index in [1.54, 1.807) is 0 Å². The van der Waals surface area contributed by atoms with Crippen LogP contribution in [-0.4, -0.2) is 18.1 Å². The van der Waals surface area contributed by atoms with E-state index >= 15 is 0 Å². The van der Waals surface area contributed by atoms with Crippen molar-refractivity contribution >= 4 is 5.91 Å². The number of carbonyl (C=O) groups excluding carboxylic acids is 1. The van der Waals surface area contributed by atoms with Gasteiger partial charge in [-0.15, -0.1) is 0 Å². The second kappa shape index (κ2) is 4.67. The fourth-order valence-corrected chi connectivity index (χ4v) is 3.92. The molecule has 108 valence electrons. The number of rotatable bonds is 2. The molecule has 0 aromatic rings. The Kier molecular flexibility index (Phi) is 3.26. The first kappa shape index (κ1) is 13.3. The largest absolute Gasteiger partial charge is 0.393 e. The van der Waals surface area contributed by atoms with Crippen LogP contribution in [0.2, 0.25) is 0 Å². The fraction of sp³-hybridized carbons (Fsp3) is 0.929. The highest BCUT2D eigenvalue weighted by atomic mass is 19.4. The lowest BCUT2D eigenvalue weighted by Gasteiger charge is -2.34. The average Bonchev–Trinajstić information content (AvgIpc) is 2.95. The summed E-state index contributed by atoms with van der Waals surface area (Å²) in [6.45, 7) is 0. The first-order valence-corrected chi connectivity index (χ1v) is 7.32. The second-order valence-electron chi connectivity index (χ2n) is 6.47. The van der Waals surface area contributed by atoms with Gasteiger partial charge in [0, 0.05) is 12.0 Å². The molecule has 0 bridgehead atoms. The van der Waals surface area contributed by atoms with Crippen LogP contribution in [0.1, 0.15) is 44.9 Å². The highest BCUT2D eigenvalue weighted by Crippen LogP contribution is 2.54. The predicted molar refractivity (Wildman–Crippen MR) is 64.3 cm³/mol. The molecule has 0 aromatic heterocycles. The minimum absolute atomic E-state index is 0.0282. The van der Waals surface area contributed by atoms with Gasteiger partial charge in [0.2, 0.25) is 5.91 Å². The molecular formula is C14H20F3NO. The van der Waals surface area contributed by atoms with Crippen LogP contribution in [0.25, 0.3) is 0 Å². The van der Waals surface area contributed by atoms with Gasteiger partial charge in [0.1, 0.15) is 0 Å². The Balaban J connectivity index is 1.58. The molecule has 0 radical (unpaired) electrons. The zero-order chi connectivity index (χ0) is 13.6. The monoisotopic (exact) mass is 275 g/mol. The van der Waals surface area contributed by atoms with Gasteiger partial charge in [-0.1, -0.05) is 12.8 Å². The molecule has 5 heteroatoms. The Morgan fingerprint density at radius 3 is 2.26 bits per heavy atom. The van der Waals surface area contributed by atoms with Crippen LogP contribution in [0, 0.1) is 23.7 Å². The maximum atomic E-state index is 12.9. The Morgan fingerprint density at radius 1 is 1.00 bits per heavy atom. The van der Waals surface area contributed by atoms with Gasteiger partial charge in [-0.3, -0.25) is 4.79 Å². The highest BCUT2D eigenvalue weighted by molar-refractivity contribution is 5.79. The lowest BCUT2D eigenvalue weighted by atomic mass is 9.83. The van der Waals surface area contributed by atoms with Crippen molar-refractivity contribution < 1.29 is 18.0 Å². The van der Waals surface area contributed by atoms with Crippen LogP contribution < -0.4 is 5.32 Å². The quantitative estimate of drug-likeness (QED) is 0.823. The molecular weight excluding hydrogens is 255 g/mol. The van der Waals surface area contributed by atoms with Crippen LogP contribution >= 0.6 is 0 Å². The lowest BCUT2D eigenvalue weighted by molar-refractivity contribution is -0.189. The lowest BCUT2D eigenvalue weighted by Crippen LogP contribution is -2.49. The SMILES string of the molecule is O=C(NC1CCCCC1C(F)(F)F)C1CC2CC2C1. The van der Waals surface area contributed by atoms with Crippen molar-refractivity contribution in [2.75, 3.05) is 0 Å². The van der Waals surface area contributed by atoms with Gasteiger partial charge < -0.3 is 5.32 Å². The molecule has 3 aliphatic rings. The van der Waals surface area contributed by atoms with Gasteiger partial charge >= 0.3 is 6.18 Å². The number of alkyl halides is 3. The van der Waals surface area contributed by atoms with Crippen molar-refractivity contribution in [3.05, 3.63) is 0 Å². The summed E-state index contributed by atoms with van der Waals surface area (Å²) in [7, 11) is 0. The summed E-state index contributed by atoms with van der Waals surface area (Å²) in [5.74, 6) is -0.143. The predicted octanol–water partition coefficient (Wildman–Crippen LogP) is 3.27. The summed E-state index contributed by atoms with van der Waals surface area (Å²) < 4.78 is 38.8. The number of halogens is 3. The molecule has 4 unspecified atom stereocenters.